The third-order valence-corrected chi connectivity index (χ3v) is 2.05. The Hall–Kier alpha value is 0.140. The molecule has 0 aromatic rings. The number of aliphatic imine (C=N–C) groups is 4. The van der Waals surface area contributed by atoms with Crippen molar-refractivity contribution in [1.82, 2.24) is 0 Å². The van der Waals surface area contributed by atoms with E-state index in [-0.39, 0.29) is 0 Å². The summed E-state index contributed by atoms with van der Waals surface area (Å²) in [6.07, 6.45) is 0.910. The van der Waals surface area contributed by atoms with Crippen molar-refractivity contribution in [1.29, 1.82) is 0 Å². The smallest absolute Gasteiger partial charge is 0.129 e. The maximum absolute atomic E-state index is 4.09. The Balaban J connectivity index is -0.000000257. The quantitative estimate of drug-likeness (QED) is 0.371. The van der Waals surface area contributed by atoms with Crippen LogP contribution in [-0.2, 0) is 0 Å². The molecule has 0 aromatic carbocycles. The minimum Gasteiger partial charge on any atom is -0.297 e. The Labute approximate surface area is 148 Å². The largest absolute Gasteiger partial charge is 0.297 e. The van der Waals surface area contributed by atoms with Crippen LogP contribution in [0.2, 0.25) is 0 Å². The van der Waals surface area contributed by atoms with Crippen molar-refractivity contribution in [2.45, 2.75) is 48.0 Å². The Morgan fingerprint density at radius 3 is 1.20 bits per heavy atom. The minimum absolute atomic E-state index is 0.588. The lowest BCUT2D eigenvalue weighted by atomic mass is 10.2. The van der Waals surface area contributed by atoms with E-state index in [1.807, 2.05) is 41.5 Å². The molecule has 0 aliphatic carbocycles. The van der Waals surface area contributed by atoms with Gasteiger partial charge in [-0.3, -0.25) is 20.0 Å². The topological polar surface area (TPSA) is 49.4 Å². The molecule has 0 bridgehead atoms. The van der Waals surface area contributed by atoms with Crippen LogP contribution >= 0.6 is 37.2 Å². The summed E-state index contributed by atoms with van der Waals surface area (Å²) in [4.78, 5) is 16.2. The maximum atomic E-state index is 4.09. The predicted octanol–water partition coefficient (Wildman–Crippen LogP) is 5.23. The molecule has 0 rings (SSSR count). The summed E-state index contributed by atoms with van der Waals surface area (Å²) in [5.74, 6) is 0. The zero-order valence-electron chi connectivity index (χ0n) is 14.0. The second-order valence-corrected chi connectivity index (χ2v) is 4.45. The monoisotopic (exact) mass is 506 g/mol. The molecule has 0 aliphatic rings. The molecule has 6 heteroatoms. The zero-order chi connectivity index (χ0) is 16.6. The molecule has 0 saturated heterocycles. The molecule has 0 unspecified atom stereocenters. The van der Waals surface area contributed by atoms with E-state index in [1.165, 1.54) is 0 Å². The first kappa shape index (κ1) is 25.1. The Morgan fingerprint density at radius 2 is 1.00 bits per heavy atom. The van der Waals surface area contributed by atoms with Gasteiger partial charge in [-0.25, -0.2) is 0 Å². The van der Waals surface area contributed by atoms with Gasteiger partial charge >= 0.3 is 0 Å². The highest BCUT2D eigenvalue weighted by molar-refractivity contribution is 15.0. The lowest BCUT2D eigenvalue weighted by Crippen LogP contribution is -1.99. The fourth-order valence-electron chi connectivity index (χ4n) is 0.847. The van der Waals surface area contributed by atoms with Gasteiger partial charge in [0.25, 0.3) is 0 Å². The lowest BCUT2D eigenvalue weighted by Gasteiger charge is -1.95. The molecule has 0 atom stereocenters. The van der Waals surface area contributed by atoms with Crippen LogP contribution in [0.3, 0.4) is 0 Å². The van der Waals surface area contributed by atoms with E-state index in [2.05, 4.69) is 57.2 Å². The number of nitrogens with zero attached hydrogens (tertiary/aromatic N) is 4. The van der Waals surface area contributed by atoms with E-state index in [0.717, 1.165) is 29.3 Å². The summed E-state index contributed by atoms with van der Waals surface area (Å²) in [6.45, 7) is 12.5. The van der Waals surface area contributed by atoms with E-state index in [4.69, 9.17) is 0 Å². The third kappa shape index (κ3) is 26.7. The maximum Gasteiger partial charge on any atom is 0.129 e. The van der Waals surface area contributed by atoms with Crippen molar-refractivity contribution in [3.05, 3.63) is 0 Å². The highest BCUT2D eigenvalue weighted by Crippen LogP contribution is 1.89. The number of rotatable bonds is 4. The van der Waals surface area contributed by atoms with E-state index in [9.17, 15) is 0 Å². The molecule has 0 saturated carbocycles. The second kappa shape index (κ2) is 19.1. The average Bonchev–Trinajstić information content (AvgIpc) is 2.40. The van der Waals surface area contributed by atoms with Crippen molar-refractivity contribution >= 4 is 60.1 Å². The van der Waals surface area contributed by atoms with Crippen LogP contribution in [0.1, 0.15) is 48.0 Å². The normalized spacial score (nSPS) is 10.5. The SMILES string of the molecule is CC(C)=NCN=C(C)C.CN=C(C)CC(C)=NC.II. The Kier molecular flexibility index (Phi) is 24.0. The van der Waals surface area contributed by atoms with Crippen molar-refractivity contribution < 1.29 is 0 Å². The van der Waals surface area contributed by atoms with Gasteiger partial charge in [0.15, 0.2) is 0 Å². The molecule has 4 nitrogen and oxygen atoms in total. The van der Waals surface area contributed by atoms with Gasteiger partial charge in [-0.2, -0.15) is 0 Å². The van der Waals surface area contributed by atoms with Crippen LogP contribution in [0.15, 0.2) is 20.0 Å². The van der Waals surface area contributed by atoms with Crippen LogP contribution < -0.4 is 0 Å². The summed E-state index contributed by atoms with van der Waals surface area (Å²) >= 11 is 4.24. The summed E-state index contributed by atoms with van der Waals surface area (Å²) in [6, 6.07) is 0. The van der Waals surface area contributed by atoms with Crippen LogP contribution in [0.4, 0.5) is 0 Å². The molecule has 0 aromatic heterocycles. The molecule has 0 heterocycles. The summed E-state index contributed by atoms with van der Waals surface area (Å²) in [5, 5.41) is 0. The number of halogens is 2. The van der Waals surface area contributed by atoms with Crippen molar-refractivity contribution in [3.8, 4) is 0 Å². The number of hydrogen-bond acceptors (Lipinski definition) is 4. The fourth-order valence-corrected chi connectivity index (χ4v) is 0.847. The van der Waals surface area contributed by atoms with Gasteiger partial charge in [-0.15, -0.1) is 0 Å². The van der Waals surface area contributed by atoms with Gasteiger partial charge in [0.1, 0.15) is 6.67 Å². The van der Waals surface area contributed by atoms with E-state index in [1.54, 1.807) is 14.1 Å². The number of hydrogen-bond donors (Lipinski definition) is 0. The minimum atomic E-state index is 0.588. The first-order chi connectivity index (χ1) is 9.33. The molecule has 0 N–H and O–H groups in total. The summed E-state index contributed by atoms with van der Waals surface area (Å²) in [7, 11) is 3.61. The van der Waals surface area contributed by atoms with Gasteiger partial charge in [0.2, 0.25) is 0 Å². The molecule has 0 fully saturated rings. The Bertz CT molecular complexity index is 305. The first-order valence-electron chi connectivity index (χ1n) is 6.27. The van der Waals surface area contributed by atoms with Crippen LogP contribution in [0, 0.1) is 0 Å². The zero-order valence-corrected chi connectivity index (χ0v) is 18.3. The molecule has 0 amide bonds. The van der Waals surface area contributed by atoms with Crippen molar-refractivity contribution in [3.63, 3.8) is 0 Å². The molecule has 0 aliphatic heterocycles. The van der Waals surface area contributed by atoms with Gasteiger partial charge in [0.05, 0.1) is 0 Å². The highest BCUT2D eigenvalue weighted by Gasteiger charge is 1.90. The van der Waals surface area contributed by atoms with Crippen LogP contribution in [-0.4, -0.2) is 43.6 Å². The molecule has 0 spiro atoms. The first-order valence-corrected chi connectivity index (χ1v) is 12.6. The van der Waals surface area contributed by atoms with E-state index in [0.29, 0.717) is 6.67 Å². The summed E-state index contributed by atoms with van der Waals surface area (Å²) < 4.78 is 0. The van der Waals surface area contributed by atoms with Gasteiger partial charge < -0.3 is 0 Å². The lowest BCUT2D eigenvalue weighted by molar-refractivity contribution is 1.06. The van der Waals surface area contributed by atoms with Gasteiger partial charge in [-0.1, -0.05) is 0 Å². The van der Waals surface area contributed by atoms with Gasteiger partial charge in [0, 0.05) is 80.6 Å². The molecule has 20 heavy (non-hydrogen) atoms. The van der Waals surface area contributed by atoms with Crippen molar-refractivity contribution in [2.24, 2.45) is 20.0 Å². The summed E-state index contributed by atoms with van der Waals surface area (Å²) in [5.41, 5.74) is 4.44. The average molecular weight is 506 g/mol. The standard InChI is InChI=1S/2C7H14N2.I2/c1-6(8-3)5-7(2)9-4;1-6(2)8-5-9-7(3)4;1-2/h2*5H2,1-4H3;. The second-order valence-electron chi connectivity index (χ2n) is 4.45. The van der Waals surface area contributed by atoms with E-state index < -0.39 is 0 Å². The predicted molar refractivity (Wildman–Crippen MR) is 113 cm³/mol. The molecular weight excluding hydrogens is 478 g/mol. The molecule has 118 valence electrons. The Morgan fingerprint density at radius 1 is 0.700 bits per heavy atom. The van der Waals surface area contributed by atoms with Crippen LogP contribution in [0.25, 0.3) is 0 Å². The van der Waals surface area contributed by atoms with E-state index >= 15 is 0 Å². The highest BCUT2D eigenvalue weighted by atomic mass is 128. The van der Waals surface area contributed by atoms with Crippen molar-refractivity contribution in [2.75, 3.05) is 20.8 Å². The van der Waals surface area contributed by atoms with Crippen LogP contribution in [0.5, 0.6) is 0 Å². The van der Waals surface area contributed by atoms with Gasteiger partial charge in [-0.05, 0) is 41.5 Å². The molecular formula is C14H28I2N4. The molecule has 0 radical (unpaired) electrons. The fraction of sp³-hybridized carbons (Fsp3) is 0.714. The third-order valence-electron chi connectivity index (χ3n) is 2.05.